The van der Waals surface area contributed by atoms with Gasteiger partial charge >= 0.3 is 0 Å². The molecule has 86 valence electrons. The highest BCUT2D eigenvalue weighted by molar-refractivity contribution is 7.98. The van der Waals surface area contributed by atoms with Crippen molar-refractivity contribution in [3.05, 3.63) is 18.2 Å². The van der Waals surface area contributed by atoms with E-state index in [9.17, 15) is 0 Å². The zero-order valence-electron chi connectivity index (χ0n) is 9.96. The Kier molecular flexibility index (Phi) is 6.57. The van der Waals surface area contributed by atoms with E-state index in [2.05, 4.69) is 35.1 Å². The van der Waals surface area contributed by atoms with E-state index >= 15 is 0 Å². The first kappa shape index (κ1) is 12.6. The lowest BCUT2D eigenvalue weighted by Gasteiger charge is -2.00. The van der Waals surface area contributed by atoms with E-state index in [0.29, 0.717) is 0 Å². The summed E-state index contributed by atoms with van der Waals surface area (Å²) in [7, 11) is 0. The van der Waals surface area contributed by atoms with Crippen molar-refractivity contribution >= 4 is 11.8 Å². The van der Waals surface area contributed by atoms with Crippen LogP contribution in [0.3, 0.4) is 0 Å². The zero-order chi connectivity index (χ0) is 10.9. The Bertz CT molecular complexity index is 258. The molecular weight excluding hydrogens is 204 g/mol. The van der Waals surface area contributed by atoms with E-state index in [4.69, 9.17) is 0 Å². The number of nitrogens with one attached hydrogen (secondary N) is 1. The molecule has 0 aliphatic heterocycles. The minimum absolute atomic E-state index is 1.15. The molecule has 3 heteroatoms. The minimum atomic E-state index is 1.15. The fourth-order valence-corrected chi connectivity index (χ4v) is 2.13. The monoisotopic (exact) mass is 227 g/mol. The maximum atomic E-state index is 3.33. The summed E-state index contributed by atoms with van der Waals surface area (Å²) in [6.07, 6.45) is 12.9. The summed E-state index contributed by atoms with van der Waals surface area (Å²) in [5.41, 5.74) is 0. The molecule has 0 amide bonds. The fourth-order valence-electron chi connectivity index (χ4n) is 1.73. The molecule has 15 heavy (non-hydrogen) atoms. The van der Waals surface area contributed by atoms with E-state index in [1.807, 2.05) is 11.8 Å². The summed E-state index contributed by atoms with van der Waals surface area (Å²) in [6.45, 7) is 3.43. The van der Waals surface area contributed by atoms with Gasteiger partial charge in [-0.15, -0.1) is 0 Å². The molecule has 0 radical (unpaired) electrons. The summed E-state index contributed by atoms with van der Waals surface area (Å²) < 4.78 is 2.37. The second-order valence-corrected chi connectivity index (χ2v) is 4.89. The topological polar surface area (TPSA) is 19.7 Å². The van der Waals surface area contributed by atoms with Crippen LogP contribution in [-0.4, -0.2) is 17.0 Å². The van der Waals surface area contributed by atoms with E-state index in [0.717, 1.165) is 6.42 Å². The van der Waals surface area contributed by atoms with Crippen LogP contribution in [0.15, 0.2) is 12.4 Å². The molecule has 0 fully saturated rings. The molecule has 0 atom stereocenters. The van der Waals surface area contributed by atoms with E-state index in [-0.39, 0.29) is 0 Å². The number of aryl methyl sites for hydroxylation is 2. The second-order valence-electron chi connectivity index (χ2n) is 3.90. The first-order chi connectivity index (χ1) is 7.38. The highest BCUT2D eigenvalue weighted by Gasteiger charge is 2.08. The zero-order valence-corrected chi connectivity index (χ0v) is 10.8. The Morgan fingerprint density at radius 3 is 2.93 bits per heavy atom. The number of hydrogen-bond donors (Lipinski definition) is 1. The van der Waals surface area contributed by atoms with Crippen LogP contribution < -0.4 is 4.57 Å². The Morgan fingerprint density at radius 1 is 1.33 bits per heavy atom. The number of aromatic amines is 1. The molecule has 0 aromatic carbocycles. The van der Waals surface area contributed by atoms with Crippen molar-refractivity contribution in [2.45, 2.75) is 45.6 Å². The van der Waals surface area contributed by atoms with Crippen molar-refractivity contribution in [3.8, 4) is 0 Å². The molecule has 2 nitrogen and oxygen atoms in total. The smallest absolute Gasteiger partial charge is 0.248 e. The summed E-state index contributed by atoms with van der Waals surface area (Å²) in [5.74, 6) is 2.58. The van der Waals surface area contributed by atoms with Crippen molar-refractivity contribution < 1.29 is 4.57 Å². The van der Waals surface area contributed by atoms with Crippen LogP contribution in [0, 0.1) is 0 Å². The highest BCUT2D eigenvalue weighted by atomic mass is 32.2. The predicted molar refractivity (Wildman–Crippen MR) is 67.2 cm³/mol. The lowest BCUT2D eigenvalue weighted by Crippen LogP contribution is -2.36. The van der Waals surface area contributed by atoms with Gasteiger partial charge in [0.1, 0.15) is 12.4 Å². The van der Waals surface area contributed by atoms with Crippen LogP contribution >= 0.6 is 11.8 Å². The van der Waals surface area contributed by atoms with Crippen LogP contribution in [0.25, 0.3) is 0 Å². The van der Waals surface area contributed by atoms with Crippen molar-refractivity contribution in [1.29, 1.82) is 0 Å². The summed E-state index contributed by atoms with van der Waals surface area (Å²) in [5, 5.41) is 0. The molecule has 1 aromatic heterocycles. The summed E-state index contributed by atoms with van der Waals surface area (Å²) >= 11 is 1.91. The van der Waals surface area contributed by atoms with Gasteiger partial charge in [0.2, 0.25) is 0 Å². The van der Waals surface area contributed by atoms with Gasteiger partial charge in [-0.3, -0.25) is 0 Å². The lowest BCUT2D eigenvalue weighted by atomic mass is 10.2. The normalized spacial score (nSPS) is 10.8. The van der Waals surface area contributed by atoms with E-state index < -0.39 is 0 Å². The molecule has 0 saturated carbocycles. The number of thioether (sulfide) groups is 1. The average Bonchev–Trinajstić information content (AvgIpc) is 2.69. The number of imidazole rings is 1. The van der Waals surface area contributed by atoms with Crippen LogP contribution in [0.4, 0.5) is 0 Å². The molecule has 1 N–H and O–H groups in total. The number of hydrogen-bond acceptors (Lipinski definition) is 1. The van der Waals surface area contributed by atoms with Crippen LogP contribution in [0.1, 0.15) is 38.4 Å². The number of nitrogens with zero attached hydrogens (tertiary/aromatic N) is 1. The van der Waals surface area contributed by atoms with Gasteiger partial charge in [0, 0.05) is 5.75 Å². The maximum Gasteiger partial charge on any atom is 0.255 e. The van der Waals surface area contributed by atoms with Crippen LogP contribution in [0.2, 0.25) is 0 Å². The predicted octanol–water partition coefficient (Wildman–Crippen LogP) is 2.79. The third kappa shape index (κ3) is 4.74. The van der Waals surface area contributed by atoms with Gasteiger partial charge in [-0.25, -0.2) is 9.55 Å². The quantitative estimate of drug-likeness (QED) is 0.535. The van der Waals surface area contributed by atoms with Gasteiger partial charge in [-0.1, -0.05) is 19.8 Å². The molecule has 0 spiro atoms. The molecule has 1 rings (SSSR count). The van der Waals surface area contributed by atoms with Gasteiger partial charge in [-0.05, 0) is 19.1 Å². The van der Waals surface area contributed by atoms with Crippen molar-refractivity contribution in [2.75, 3.05) is 12.0 Å². The molecular formula is C12H23N2S+. The molecule has 0 unspecified atom stereocenters. The second kappa shape index (κ2) is 7.80. The molecule has 0 aliphatic carbocycles. The minimum Gasteiger partial charge on any atom is -0.248 e. The Labute approximate surface area is 97.5 Å². The van der Waals surface area contributed by atoms with Crippen molar-refractivity contribution in [2.24, 2.45) is 0 Å². The first-order valence-corrected chi connectivity index (χ1v) is 7.32. The van der Waals surface area contributed by atoms with Crippen LogP contribution in [0.5, 0.6) is 0 Å². The molecule has 1 aromatic rings. The lowest BCUT2D eigenvalue weighted by molar-refractivity contribution is -0.703. The number of H-pyrrole nitrogens is 1. The summed E-state index contributed by atoms with van der Waals surface area (Å²) in [6, 6.07) is 0. The Balaban J connectivity index is 2.29. The van der Waals surface area contributed by atoms with Gasteiger partial charge < -0.3 is 0 Å². The summed E-state index contributed by atoms with van der Waals surface area (Å²) in [4.78, 5) is 3.33. The largest absolute Gasteiger partial charge is 0.255 e. The fraction of sp³-hybridized carbons (Fsp3) is 0.750. The number of unbranched alkanes of at least 4 members (excludes halogenated alkanes) is 3. The average molecular weight is 227 g/mol. The first-order valence-electron chi connectivity index (χ1n) is 5.93. The molecule has 0 saturated heterocycles. The van der Waals surface area contributed by atoms with Gasteiger partial charge in [0.25, 0.3) is 5.82 Å². The van der Waals surface area contributed by atoms with Gasteiger partial charge in [-0.2, -0.15) is 11.8 Å². The van der Waals surface area contributed by atoms with Crippen molar-refractivity contribution in [3.63, 3.8) is 0 Å². The Hall–Kier alpha value is -0.440. The molecule has 0 aliphatic rings. The SMILES string of the molecule is CCCCCC[n+]1cc[nH]c1CCSC. The Morgan fingerprint density at radius 2 is 2.20 bits per heavy atom. The maximum absolute atomic E-state index is 3.33. The highest BCUT2D eigenvalue weighted by Crippen LogP contribution is 2.01. The number of aromatic nitrogens is 2. The standard InChI is InChI=1S/C12H22N2S/c1-3-4-5-6-9-14-10-8-13-12(14)7-11-15-2/h8,10H,3-7,9,11H2,1-2H3/p+1. The van der Waals surface area contributed by atoms with Crippen LogP contribution in [-0.2, 0) is 13.0 Å². The van der Waals surface area contributed by atoms with E-state index in [1.165, 1.54) is 43.8 Å². The van der Waals surface area contributed by atoms with E-state index in [1.54, 1.807) is 0 Å². The van der Waals surface area contributed by atoms with Crippen molar-refractivity contribution in [1.82, 2.24) is 4.98 Å². The number of rotatable bonds is 8. The third-order valence-corrected chi connectivity index (χ3v) is 3.26. The van der Waals surface area contributed by atoms with Gasteiger partial charge in [0.15, 0.2) is 0 Å². The third-order valence-electron chi connectivity index (χ3n) is 2.65. The molecule has 0 bridgehead atoms. The molecule has 1 heterocycles. The van der Waals surface area contributed by atoms with Gasteiger partial charge in [0.05, 0.1) is 13.0 Å².